The number of nitrogens with zero attached hydrogens (tertiary/aromatic N) is 2. The van der Waals surface area contributed by atoms with Gasteiger partial charge in [0.2, 0.25) is 0 Å². The Bertz CT molecular complexity index is 1250. The van der Waals surface area contributed by atoms with Crippen LogP contribution in [-0.4, -0.2) is 37.7 Å². The number of H-pyrrole nitrogens is 1. The summed E-state index contributed by atoms with van der Waals surface area (Å²) in [6.45, 7) is 0. The molecule has 8 nitrogen and oxygen atoms in total. The van der Waals surface area contributed by atoms with Gasteiger partial charge in [0, 0.05) is 41.2 Å². The number of halogens is 1. The molecule has 0 saturated carbocycles. The van der Waals surface area contributed by atoms with Gasteiger partial charge in [-0.1, -0.05) is 29.8 Å². The largest absolute Gasteiger partial charge is 0.480 e. The number of carbonyl (C=O) groups excluding carboxylic acids is 1. The Morgan fingerprint density at radius 1 is 1.29 bits per heavy atom. The van der Waals surface area contributed by atoms with Gasteiger partial charge in [-0.05, 0) is 29.8 Å². The molecule has 4 aromatic rings. The summed E-state index contributed by atoms with van der Waals surface area (Å²) in [5.41, 5.74) is 2.93. The normalized spacial score (nSPS) is 11.9. The lowest BCUT2D eigenvalue weighted by atomic mass is 10.1. The molecular formula is C22H19ClN4O4. The molecule has 0 aliphatic heterocycles. The van der Waals surface area contributed by atoms with Crippen molar-refractivity contribution in [3.8, 4) is 17.0 Å². The smallest absolute Gasteiger partial charge is 0.413 e. The number of carbonyl (C=O) groups is 2. The minimum absolute atomic E-state index is 0.111. The van der Waals surface area contributed by atoms with E-state index in [-0.39, 0.29) is 12.2 Å². The fourth-order valence-corrected chi connectivity index (χ4v) is 3.66. The molecule has 3 N–H and O–H groups in total. The molecule has 2 heterocycles. The molecule has 0 saturated heterocycles. The number of fused-ring (bicyclic) bond motifs is 1. The molecule has 0 aliphatic rings. The Labute approximate surface area is 182 Å². The predicted octanol–water partition coefficient (Wildman–Crippen LogP) is 4.01. The third-order valence-corrected chi connectivity index (χ3v) is 5.16. The SMILES string of the molecule is Cn1cc(CC(NC(=O)Oc2ccc(Cl)cc2-c2cnc[nH]2)C(=O)O)c2ccccc21. The van der Waals surface area contributed by atoms with Crippen LogP contribution in [0.25, 0.3) is 22.2 Å². The Kier molecular flexibility index (Phi) is 5.64. The summed E-state index contributed by atoms with van der Waals surface area (Å²) in [5, 5.41) is 13.5. The van der Waals surface area contributed by atoms with Crippen molar-refractivity contribution in [3.63, 3.8) is 0 Å². The number of hydrogen-bond acceptors (Lipinski definition) is 4. The minimum atomic E-state index is -1.17. The second-order valence-electron chi connectivity index (χ2n) is 7.02. The predicted molar refractivity (Wildman–Crippen MR) is 116 cm³/mol. The summed E-state index contributed by atoms with van der Waals surface area (Å²) in [6, 6.07) is 11.3. The summed E-state index contributed by atoms with van der Waals surface area (Å²) in [5.74, 6) is -0.935. The third kappa shape index (κ3) is 4.39. The average Bonchev–Trinajstić information content (AvgIpc) is 3.38. The molecule has 0 bridgehead atoms. The van der Waals surface area contributed by atoms with Crippen LogP contribution in [0.1, 0.15) is 5.56 Å². The van der Waals surface area contributed by atoms with E-state index in [0.29, 0.717) is 16.3 Å². The molecule has 0 aliphatic carbocycles. The molecule has 0 spiro atoms. The number of amides is 1. The Morgan fingerprint density at radius 3 is 2.84 bits per heavy atom. The number of aromatic amines is 1. The lowest BCUT2D eigenvalue weighted by molar-refractivity contribution is -0.139. The first kappa shape index (κ1) is 20.5. The van der Waals surface area contributed by atoms with Gasteiger partial charge < -0.3 is 24.7 Å². The summed E-state index contributed by atoms with van der Waals surface area (Å²) < 4.78 is 7.33. The van der Waals surface area contributed by atoms with Gasteiger partial charge in [0.25, 0.3) is 0 Å². The molecule has 2 aromatic carbocycles. The topological polar surface area (TPSA) is 109 Å². The third-order valence-electron chi connectivity index (χ3n) is 4.93. The van der Waals surface area contributed by atoms with Crippen LogP contribution in [0.2, 0.25) is 5.02 Å². The zero-order valence-corrected chi connectivity index (χ0v) is 17.3. The zero-order chi connectivity index (χ0) is 22.0. The molecule has 1 atom stereocenters. The monoisotopic (exact) mass is 438 g/mol. The number of carboxylic acids is 1. The van der Waals surface area contributed by atoms with E-state index in [9.17, 15) is 14.7 Å². The van der Waals surface area contributed by atoms with Gasteiger partial charge in [0.05, 0.1) is 18.2 Å². The number of carboxylic acid groups (broad SMARTS) is 1. The van der Waals surface area contributed by atoms with Crippen LogP contribution in [0, 0.1) is 0 Å². The van der Waals surface area contributed by atoms with Crippen molar-refractivity contribution in [3.05, 3.63) is 71.8 Å². The molecule has 2 aromatic heterocycles. The van der Waals surface area contributed by atoms with Crippen LogP contribution < -0.4 is 10.1 Å². The quantitative estimate of drug-likeness (QED) is 0.421. The number of rotatable bonds is 6. The maximum Gasteiger partial charge on any atom is 0.413 e. The number of aliphatic carboxylic acids is 1. The molecule has 4 rings (SSSR count). The lowest BCUT2D eigenvalue weighted by Gasteiger charge is -2.15. The van der Waals surface area contributed by atoms with Crippen molar-refractivity contribution in [2.45, 2.75) is 12.5 Å². The lowest BCUT2D eigenvalue weighted by Crippen LogP contribution is -2.43. The molecule has 9 heteroatoms. The number of nitrogens with one attached hydrogen (secondary N) is 2. The van der Waals surface area contributed by atoms with Gasteiger partial charge >= 0.3 is 12.1 Å². The van der Waals surface area contributed by atoms with Crippen LogP contribution in [0.3, 0.4) is 0 Å². The van der Waals surface area contributed by atoms with Gasteiger partial charge in [0.1, 0.15) is 11.8 Å². The maximum atomic E-state index is 12.5. The molecule has 1 unspecified atom stereocenters. The van der Waals surface area contributed by atoms with Crippen LogP contribution in [-0.2, 0) is 18.3 Å². The van der Waals surface area contributed by atoms with Gasteiger partial charge in [-0.3, -0.25) is 0 Å². The number of benzene rings is 2. The fraction of sp³-hybridized carbons (Fsp3) is 0.136. The average molecular weight is 439 g/mol. The maximum absolute atomic E-state index is 12.5. The highest BCUT2D eigenvalue weighted by molar-refractivity contribution is 6.31. The highest BCUT2D eigenvalue weighted by Gasteiger charge is 2.24. The standard InChI is InChI=1S/C22H19ClN4O4/c1-27-11-13(15-4-2-3-5-19(15)27)8-17(21(28)29)26-22(30)31-20-7-6-14(23)9-16(20)18-10-24-12-25-18/h2-7,9-12,17H,8H2,1H3,(H,24,25)(H,26,30)(H,28,29). The van der Waals surface area contributed by atoms with E-state index in [2.05, 4.69) is 15.3 Å². The number of aryl methyl sites for hydroxylation is 1. The van der Waals surface area contributed by atoms with E-state index in [1.54, 1.807) is 24.4 Å². The number of para-hydroxylation sites is 1. The summed E-state index contributed by atoms with van der Waals surface area (Å²) in [7, 11) is 1.89. The molecule has 31 heavy (non-hydrogen) atoms. The Hall–Kier alpha value is -3.78. The number of aromatic nitrogens is 3. The van der Waals surface area contributed by atoms with Gasteiger partial charge in [-0.15, -0.1) is 0 Å². The summed E-state index contributed by atoms with van der Waals surface area (Å²) >= 11 is 6.07. The highest BCUT2D eigenvalue weighted by Crippen LogP contribution is 2.31. The zero-order valence-electron chi connectivity index (χ0n) is 16.5. The van der Waals surface area contributed by atoms with Gasteiger partial charge in [-0.25, -0.2) is 14.6 Å². The van der Waals surface area contributed by atoms with Crippen LogP contribution in [0.5, 0.6) is 5.75 Å². The summed E-state index contributed by atoms with van der Waals surface area (Å²) in [6.07, 6.45) is 4.15. The van der Waals surface area contributed by atoms with Crippen molar-refractivity contribution < 1.29 is 19.4 Å². The van der Waals surface area contributed by atoms with Gasteiger partial charge in [-0.2, -0.15) is 0 Å². The van der Waals surface area contributed by atoms with Gasteiger partial charge in [0.15, 0.2) is 0 Å². The highest BCUT2D eigenvalue weighted by atomic mass is 35.5. The Morgan fingerprint density at radius 2 is 2.10 bits per heavy atom. The molecule has 158 valence electrons. The first-order valence-electron chi connectivity index (χ1n) is 9.45. The van der Waals surface area contributed by atoms with E-state index in [4.69, 9.17) is 16.3 Å². The minimum Gasteiger partial charge on any atom is -0.480 e. The Balaban J connectivity index is 1.53. The van der Waals surface area contributed by atoms with Crippen molar-refractivity contribution in [2.75, 3.05) is 0 Å². The first-order chi connectivity index (χ1) is 14.9. The molecule has 0 fully saturated rings. The van der Waals surface area contributed by atoms with Crippen molar-refractivity contribution in [1.82, 2.24) is 19.9 Å². The van der Waals surface area contributed by atoms with E-state index < -0.39 is 18.1 Å². The molecular weight excluding hydrogens is 420 g/mol. The van der Waals surface area contributed by atoms with Crippen molar-refractivity contribution >= 4 is 34.6 Å². The number of ether oxygens (including phenoxy) is 1. The second kappa shape index (κ2) is 8.53. The van der Waals surface area contributed by atoms with E-state index in [0.717, 1.165) is 16.5 Å². The number of imidazole rings is 1. The van der Waals surface area contributed by atoms with Crippen LogP contribution >= 0.6 is 11.6 Å². The van der Waals surface area contributed by atoms with Crippen LogP contribution in [0.4, 0.5) is 4.79 Å². The number of hydrogen-bond donors (Lipinski definition) is 3. The first-order valence-corrected chi connectivity index (χ1v) is 9.82. The van der Waals surface area contributed by atoms with E-state index in [1.807, 2.05) is 42.1 Å². The van der Waals surface area contributed by atoms with E-state index >= 15 is 0 Å². The van der Waals surface area contributed by atoms with Crippen molar-refractivity contribution in [2.24, 2.45) is 7.05 Å². The molecule has 0 radical (unpaired) electrons. The second-order valence-corrected chi connectivity index (χ2v) is 7.45. The van der Waals surface area contributed by atoms with Crippen LogP contribution in [0.15, 0.2) is 61.2 Å². The van der Waals surface area contributed by atoms with E-state index in [1.165, 1.54) is 6.33 Å². The summed E-state index contributed by atoms with van der Waals surface area (Å²) in [4.78, 5) is 31.2. The fourth-order valence-electron chi connectivity index (χ4n) is 3.48. The van der Waals surface area contributed by atoms with Crippen molar-refractivity contribution in [1.29, 1.82) is 0 Å². The molecule has 1 amide bonds.